The summed E-state index contributed by atoms with van der Waals surface area (Å²) >= 11 is 0. The lowest BCUT2D eigenvalue weighted by Crippen LogP contribution is -2.22. The first-order chi connectivity index (χ1) is 14.0. The van der Waals surface area contributed by atoms with E-state index in [2.05, 4.69) is 10.4 Å². The van der Waals surface area contributed by atoms with E-state index in [-0.39, 0.29) is 24.9 Å². The largest absolute Gasteiger partial charge is 0.496 e. The third kappa shape index (κ3) is 5.22. The van der Waals surface area contributed by atoms with Gasteiger partial charge in [-0.15, -0.1) is 12.4 Å². The van der Waals surface area contributed by atoms with Crippen LogP contribution in [0.3, 0.4) is 0 Å². The van der Waals surface area contributed by atoms with Crippen molar-refractivity contribution in [2.75, 3.05) is 14.2 Å². The van der Waals surface area contributed by atoms with Gasteiger partial charge in [-0.25, -0.2) is 0 Å². The van der Waals surface area contributed by atoms with E-state index in [0.717, 1.165) is 11.1 Å². The molecule has 8 nitrogen and oxygen atoms in total. The van der Waals surface area contributed by atoms with Crippen molar-refractivity contribution in [3.05, 3.63) is 65.5 Å². The van der Waals surface area contributed by atoms with Crippen LogP contribution in [0.1, 0.15) is 21.5 Å². The minimum Gasteiger partial charge on any atom is -0.496 e. The van der Waals surface area contributed by atoms with Gasteiger partial charge in [-0.3, -0.25) is 9.48 Å². The van der Waals surface area contributed by atoms with E-state index in [1.54, 1.807) is 49.4 Å². The Hall–Kier alpha value is -3.23. The molecule has 1 amide bonds. The average Bonchev–Trinajstić information content (AvgIpc) is 3.16. The number of carbonyl (C=O) groups excluding carboxylic acids is 1. The van der Waals surface area contributed by atoms with Gasteiger partial charge in [0, 0.05) is 37.5 Å². The Kier molecular flexibility index (Phi) is 8.08. The molecule has 30 heavy (non-hydrogen) atoms. The van der Waals surface area contributed by atoms with Crippen LogP contribution in [0.5, 0.6) is 23.0 Å². The molecule has 0 bridgehead atoms. The molecule has 0 spiro atoms. The van der Waals surface area contributed by atoms with Crippen molar-refractivity contribution >= 4 is 18.3 Å². The van der Waals surface area contributed by atoms with Gasteiger partial charge in [-0.05, 0) is 30.3 Å². The third-order valence-electron chi connectivity index (χ3n) is 4.37. The highest BCUT2D eigenvalue weighted by Crippen LogP contribution is 2.36. The second-order valence-electron chi connectivity index (χ2n) is 6.31. The molecule has 2 aromatic carbocycles. The van der Waals surface area contributed by atoms with Gasteiger partial charge in [0.25, 0.3) is 5.91 Å². The van der Waals surface area contributed by atoms with Gasteiger partial charge in [0.1, 0.15) is 11.5 Å². The Bertz CT molecular complexity index is 1010. The van der Waals surface area contributed by atoms with Crippen molar-refractivity contribution in [2.24, 2.45) is 12.8 Å². The molecule has 0 aliphatic carbocycles. The number of carbonyl (C=O) groups is 1. The molecule has 9 heteroatoms. The molecule has 160 valence electrons. The highest BCUT2D eigenvalue weighted by Gasteiger charge is 2.15. The van der Waals surface area contributed by atoms with Crippen molar-refractivity contribution in [1.29, 1.82) is 0 Å². The SMILES string of the molecule is COc1ccc(C(=O)NCc2cnn(C)c2)cc1Oc1cccc(OC)c1CN.Cl. The molecule has 0 aliphatic rings. The van der Waals surface area contributed by atoms with Crippen LogP contribution < -0.4 is 25.3 Å². The summed E-state index contributed by atoms with van der Waals surface area (Å²) in [6, 6.07) is 10.4. The summed E-state index contributed by atoms with van der Waals surface area (Å²) in [5.74, 6) is 1.85. The number of nitrogens with two attached hydrogens (primary N) is 1. The Morgan fingerprint density at radius 2 is 1.83 bits per heavy atom. The fraction of sp³-hybridized carbons (Fsp3) is 0.238. The molecule has 3 rings (SSSR count). The van der Waals surface area contributed by atoms with Crippen LogP contribution in [0.25, 0.3) is 0 Å². The molecule has 0 saturated carbocycles. The number of hydrogen-bond donors (Lipinski definition) is 2. The summed E-state index contributed by atoms with van der Waals surface area (Å²) in [6.45, 7) is 0.620. The zero-order valence-electron chi connectivity index (χ0n) is 17.0. The number of rotatable bonds is 8. The Labute approximate surface area is 181 Å². The van der Waals surface area contributed by atoms with Crippen molar-refractivity contribution < 1.29 is 19.0 Å². The number of methoxy groups -OCH3 is 2. The Morgan fingerprint density at radius 3 is 2.47 bits per heavy atom. The van der Waals surface area contributed by atoms with Gasteiger partial charge in [0.05, 0.1) is 26.0 Å². The van der Waals surface area contributed by atoms with Crippen LogP contribution in [-0.2, 0) is 20.1 Å². The van der Waals surface area contributed by atoms with Crippen molar-refractivity contribution in [1.82, 2.24) is 15.1 Å². The molecular weight excluding hydrogens is 408 g/mol. The number of nitrogens with one attached hydrogen (secondary N) is 1. The fourth-order valence-corrected chi connectivity index (χ4v) is 2.90. The minimum absolute atomic E-state index is 0. The van der Waals surface area contributed by atoms with Gasteiger partial charge in [-0.1, -0.05) is 6.07 Å². The topological polar surface area (TPSA) is 101 Å². The maximum absolute atomic E-state index is 12.6. The molecule has 0 saturated heterocycles. The van der Waals surface area contributed by atoms with E-state index in [1.165, 1.54) is 0 Å². The highest BCUT2D eigenvalue weighted by atomic mass is 35.5. The van der Waals surface area contributed by atoms with Gasteiger partial charge in [0.15, 0.2) is 11.5 Å². The third-order valence-corrected chi connectivity index (χ3v) is 4.37. The normalized spacial score (nSPS) is 10.1. The molecule has 0 radical (unpaired) electrons. The molecule has 0 unspecified atom stereocenters. The van der Waals surface area contributed by atoms with Crippen LogP contribution in [0, 0.1) is 0 Å². The summed E-state index contributed by atoms with van der Waals surface area (Å²) in [5, 5.41) is 6.96. The summed E-state index contributed by atoms with van der Waals surface area (Å²) in [4.78, 5) is 12.6. The van der Waals surface area contributed by atoms with Crippen LogP contribution >= 0.6 is 12.4 Å². The van der Waals surface area contributed by atoms with Gasteiger partial charge in [0.2, 0.25) is 0 Å². The Balaban J connectivity index is 0.00000320. The predicted molar refractivity (Wildman–Crippen MR) is 116 cm³/mol. The van der Waals surface area contributed by atoms with Gasteiger partial charge >= 0.3 is 0 Å². The van der Waals surface area contributed by atoms with E-state index in [0.29, 0.717) is 35.1 Å². The van der Waals surface area contributed by atoms with E-state index in [4.69, 9.17) is 19.9 Å². The summed E-state index contributed by atoms with van der Waals surface area (Å²) in [5.41, 5.74) is 7.95. The standard InChI is InChI=1S/C21H24N4O4.ClH/c1-25-13-14(12-24-25)11-23-21(26)15-7-8-19(28-3)20(9-15)29-18-6-4-5-17(27-2)16(18)10-22;/h4-9,12-13H,10-11,22H2,1-3H3,(H,23,26);1H. The average molecular weight is 433 g/mol. The van der Waals surface area contributed by atoms with Crippen LogP contribution in [0.4, 0.5) is 0 Å². The number of amides is 1. The molecule has 0 aliphatic heterocycles. The van der Waals surface area contributed by atoms with E-state index < -0.39 is 0 Å². The monoisotopic (exact) mass is 432 g/mol. The number of hydrogen-bond acceptors (Lipinski definition) is 6. The smallest absolute Gasteiger partial charge is 0.251 e. The second-order valence-corrected chi connectivity index (χ2v) is 6.31. The van der Waals surface area contributed by atoms with Crippen molar-refractivity contribution in [3.8, 4) is 23.0 Å². The molecule has 3 N–H and O–H groups in total. The summed E-state index contributed by atoms with van der Waals surface area (Å²) < 4.78 is 18.5. The summed E-state index contributed by atoms with van der Waals surface area (Å²) in [7, 11) is 4.94. The maximum Gasteiger partial charge on any atom is 0.251 e. The number of halogens is 1. The first kappa shape index (κ1) is 23.1. The van der Waals surface area contributed by atoms with Crippen LogP contribution in [0.2, 0.25) is 0 Å². The number of benzene rings is 2. The Morgan fingerprint density at radius 1 is 1.10 bits per heavy atom. The molecule has 3 aromatic rings. The number of nitrogens with zero attached hydrogens (tertiary/aromatic N) is 2. The molecular formula is C21H25ClN4O4. The molecule has 0 atom stereocenters. The zero-order chi connectivity index (χ0) is 20.8. The maximum atomic E-state index is 12.6. The van der Waals surface area contributed by atoms with Crippen LogP contribution in [-0.4, -0.2) is 29.9 Å². The number of aryl methyl sites for hydroxylation is 1. The second kappa shape index (κ2) is 10.5. The quantitative estimate of drug-likeness (QED) is 0.567. The van der Waals surface area contributed by atoms with Gasteiger partial charge in [-0.2, -0.15) is 5.10 Å². The fourth-order valence-electron chi connectivity index (χ4n) is 2.90. The lowest BCUT2D eigenvalue weighted by molar-refractivity contribution is 0.0950. The molecule has 1 aromatic heterocycles. The predicted octanol–water partition coefficient (Wildman–Crippen LogP) is 3.04. The molecule has 0 fully saturated rings. The lowest BCUT2D eigenvalue weighted by Gasteiger charge is -2.16. The van der Waals surface area contributed by atoms with Gasteiger partial charge < -0.3 is 25.3 Å². The minimum atomic E-state index is -0.231. The first-order valence-corrected chi connectivity index (χ1v) is 9.03. The van der Waals surface area contributed by atoms with Crippen LogP contribution in [0.15, 0.2) is 48.8 Å². The van der Waals surface area contributed by atoms with E-state index in [1.807, 2.05) is 25.4 Å². The lowest BCUT2D eigenvalue weighted by atomic mass is 10.1. The zero-order valence-corrected chi connectivity index (χ0v) is 17.9. The summed E-state index contributed by atoms with van der Waals surface area (Å²) in [6.07, 6.45) is 3.56. The number of aromatic nitrogens is 2. The molecule has 1 heterocycles. The van der Waals surface area contributed by atoms with Crippen molar-refractivity contribution in [2.45, 2.75) is 13.1 Å². The highest BCUT2D eigenvalue weighted by molar-refractivity contribution is 5.94. The van der Waals surface area contributed by atoms with E-state index in [9.17, 15) is 4.79 Å². The first-order valence-electron chi connectivity index (χ1n) is 9.03. The van der Waals surface area contributed by atoms with Crippen molar-refractivity contribution in [3.63, 3.8) is 0 Å². The van der Waals surface area contributed by atoms with E-state index >= 15 is 0 Å². The number of ether oxygens (including phenoxy) is 3.